The lowest BCUT2D eigenvalue weighted by Crippen LogP contribution is -2.16. The second kappa shape index (κ2) is 5.04. The van der Waals surface area contributed by atoms with Gasteiger partial charge in [-0.25, -0.2) is 4.39 Å². The normalized spacial score (nSPS) is 17.2. The minimum absolute atomic E-state index is 0.161. The lowest BCUT2D eigenvalue weighted by atomic mass is 9.99. The third-order valence-corrected chi connectivity index (χ3v) is 3.97. The van der Waals surface area contributed by atoms with Crippen molar-refractivity contribution in [2.45, 2.75) is 6.04 Å². The second-order valence-electron chi connectivity index (χ2n) is 5.20. The molecular weight excluding hydrogens is 273 g/mol. The molecule has 3 rings (SSSR count). The number of hydrogen-bond donors (Lipinski definition) is 0. The van der Waals surface area contributed by atoms with Crippen molar-refractivity contribution in [2.75, 3.05) is 14.1 Å². The Kier molecular flexibility index (Phi) is 3.36. The molecule has 0 aliphatic heterocycles. The highest BCUT2D eigenvalue weighted by Crippen LogP contribution is 2.40. The maximum atomic E-state index is 13.3. The number of nitrogens with zero attached hydrogens (tertiary/aromatic N) is 1. The van der Waals surface area contributed by atoms with E-state index >= 15 is 0 Å². The average molecular weight is 288 g/mol. The van der Waals surface area contributed by atoms with Crippen molar-refractivity contribution in [3.05, 3.63) is 76.1 Å². The highest BCUT2D eigenvalue weighted by Gasteiger charge is 2.25. The molecule has 102 valence electrons. The van der Waals surface area contributed by atoms with Crippen LogP contribution in [0.4, 0.5) is 4.39 Å². The van der Waals surface area contributed by atoms with Crippen LogP contribution in [0.25, 0.3) is 5.57 Å². The quantitative estimate of drug-likeness (QED) is 0.784. The highest BCUT2D eigenvalue weighted by molar-refractivity contribution is 6.30. The van der Waals surface area contributed by atoms with Crippen LogP contribution in [-0.2, 0) is 0 Å². The van der Waals surface area contributed by atoms with Crippen LogP contribution >= 0.6 is 11.6 Å². The Balaban J connectivity index is 2.14. The molecule has 20 heavy (non-hydrogen) atoms. The molecular formula is C17H15ClFN. The van der Waals surface area contributed by atoms with Gasteiger partial charge >= 0.3 is 0 Å². The molecule has 2 aromatic carbocycles. The fourth-order valence-corrected chi connectivity index (χ4v) is 2.86. The molecule has 1 nitrogen and oxygen atoms in total. The van der Waals surface area contributed by atoms with Gasteiger partial charge < -0.3 is 0 Å². The molecule has 1 aliphatic carbocycles. The Morgan fingerprint density at radius 1 is 1.10 bits per heavy atom. The topological polar surface area (TPSA) is 3.24 Å². The summed E-state index contributed by atoms with van der Waals surface area (Å²) in [5.74, 6) is -0.383. The first-order valence-electron chi connectivity index (χ1n) is 6.51. The van der Waals surface area contributed by atoms with Crippen molar-refractivity contribution in [3.8, 4) is 0 Å². The van der Waals surface area contributed by atoms with Crippen molar-refractivity contribution in [1.29, 1.82) is 0 Å². The summed E-state index contributed by atoms with van der Waals surface area (Å²) in [4.78, 5) is 2.16. The molecule has 0 bridgehead atoms. The highest BCUT2D eigenvalue weighted by atomic mass is 35.5. The monoisotopic (exact) mass is 287 g/mol. The van der Waals surface area contributed by atoms with Gasteiger partial charge in [0.15, 0.2) is 0 Å². The van der Waals surface area contributed by atoms with E-state index < -0.39 is 0 Å². The van der Waals surface area contributed by atoms with Crippen LogP contribution in [-0.4, -0.2) is 19.0 Å². The van der Waals surface area contributed by atoms with Gasteiger partial charge in [0, 0.05) is 0 Å². The standard InChI is InChI=1S/C17H15ClFN/c1-20(2)17-10-14(12-5-3-4-6-13(12)17)11-7-8-16(19)15(18)9-11/h3-10,17H,1-2H3. The second-order valence-corrected chi connectivity index (χ2v) is 5.61. The SMILES string of the molecule is CN(C)C1C=C(c2ccc(F)c(Cl)c2)c2ccccc21. The number of benzene rings is 2. The largest absolute Gasteiger partial charge is 0.299 e. The Hall–Kier alpha value is -1.64. The summed E-state index contributed by atoms with van der Waals surface area (Å²) in [5, 5.41) is 0.161. The summed E-state index contributed by atoms with van der Waals surface area (Å²) in [5.41, 5.74) is 4.52. The first kappa shape index (κ1) is 13.3. The van der Waals surface area contributed by atoms with Crippen molar-refractivity contribution in [1.82, 2.24) is 4.90 Å². The Morgan fingerprint density at radius 2 is 1.85 bits per heavy atom. The molecule has 0 N–H and O–H groups in total. The van der Waals surface area contributed by atoms with E-state index in [1.165, 1.54) is 17.2 Å². The predicted molar refractivity (Wildman–Crippen MR) is 81.4 cm³/mol. The van der Waals surface area contributed by atoms with E-state index in [1.807, 2.05) is 12.1 Å². The molecule has 0 spiro atoms. The third kappa shape index (κ3) is 2.15. The van der Waals surface area contributed by atoms with Crippen molar-refractivity contribution in [3.63, 3.8) is 0 Å². The zero-order chi connectivity index (χ0) is 14.3. The predicted octanol–water partition coefficient (Wildman–Crippen LogP) is 4.53. The van der Waals surface area contributed by atoms with E-state index in [2.05, 4.69) is 37.2 Å². The summed E-state index contributed by atoms with van der Waals surface area (Å²) in [6, 6.07) is 13.4. The minimum Gasteiger partial charge on any atom is -0.299 e. The molecule has 0 saturated heterocycles. The molecule has 3 heteroatoms. The number of likely N-dealkylation sites (N-methyl/N-ethyl adjacent to an activating group) is 1. The third-order valence-electron chi connectivity index (χ3n) is 3.68. The maximum Gasteiger partial charge on any atom is 0.141 e. The summed E-state index contributed by atoms with van der Waals surface area (Å²) in [6.45, 7) is 0. The molecule has 1 unspecified atom stereocenters. The Bertz CT molecular complexity index is 691. The van der Waals surface area contributed by atoms with Crippen molar-refractivity contribution >= 4 is 17.2 Å². The van der Waals surface area contributed by atoms with Gasteiger partial charge in [0.05, 0.1) is 11.1 Å². The van der Waals surface area contributed by atoms with E-state index in [-0.39, 0.29) is 16.9 Å². The van der Waals surface area contributed by atoms with Crippen LogP contribution in [0.2, 0.25) is 5.02 Å². The van der Waals surface area contributed by atoms with E-state index in [1.54, 1.807) is 12.1 Å². The van der Waals surface area contributed by atoms with Gasteiger partial charge in [-0.15, -0.1) is 0 Å². The molecule has 2 aromatic rings. The number of hydrogen-bond acceptors (Lipinski definition) is 1. The van der Waals surface area contributed by atoms with Gasteiger partial charge in [-0.2, -0.15) is 0 Å². The van der Waals surface area contributed by atoms with E-state index in [0.29, 0.717) is 0 Å². The molecule has 0 saturated carbocycles. The fourth-order valence-electron chi connectivity index (χ4n) is 2.68. The number of halogens is 2. The molecule has 1 atom stereocenters. The van der Waals surface area contributed by atoms with Crippen LogP contribution in [0.5, 0.6) is 0 Å². The fraction of sp³-hybridized carbons (Fsp3) is 0.176. The van der Waals surface area contributed by atoms with Gasteiger partial charge in [0.2, 0.25) is 0 Å². The number of rotatable bonds is 2. The minimum atomic E-state index is -0.383. The molecule has 0 aromatic heterocycles. The summed E-state index contributed by atoms with van der Waals surface area (Å²) in [7, 11) is 4.11. The summed E-state index contributed by atoms with van der Waals surface area (Å²) < 4.78 is 13.3. The van der Waals surface area contributed by atoms with Crippen molar-refractivity contribution < 1.29 is 4.39 Å². The summed E-state index contributed by atoms with van der Waals surface area (Å²) >= 11 is 5.91. The first-order chi connectivity index (χ1) is 9.58. The van der Waals surface area contributed by atoms with E-state index in [4.69, 9.17) is 11.6 Å². The molecule has 0 radical (unpaired) electrons. The average Bonchev–Trinajstić information content (AvgIpc) is 2.82. The van der Waals surface area contributed by atoms with Crippen LogP contribution in [0.3, 0.4) is 0 Å². The first-order valence-corrected chi connectivity index (χ1v) is 6.88. The van der Waals surface area contributed by atoms with Gasteiger partial charge in [0.25, 0.3) is 0 Å². The molecule has 1 aliphatic rings. The maximum absolute atomic E-state index is 13.3. The van der Waals surface area contributed by atoms with Crippen LogP contribution in [0.1, 0.15) is 22.7 Å². The Morgan fingerprint density at radius 3 is 2.55 bits per heavy atom. The van der Waals surface area contributed by atoms with Crippen LogP contribution in [0.15, 0.2) is 48.5 Å². The molecule has 0 heterocycles. The van der Waals surface area contributed by atoms with Crippen molar-refractivity contribution in [2.24, 2.45) is 0 Å². The lowest BCUT2D eigenvalue weighted by Gasteiger charge is -2.18. The Labute approximate surface area is 123 Å². The van der Waals surface area contributed by atoms with Gasteiger partial charge in [-0.1, -0.05) is 48.0 Å². The zero-order valence-electron chi connectivity index (χ0n) is 11.4. The van der Waals surface area contributed by atoms with E-state index in [0.717, 1.165) is 11.1 Å². The molecule has 0 fully saturated rings. The van der Waals surface area contributed by atoms with Crippen LogP contribution in [0, 0.1) is 5.82 Å². The number of fused-ring (bicyclic) bond motifs is 1. The lowest BCUT2D eigenvalue weighted by molar-refractivity contribution is 0.355. The summed E-state index contributed by atoms with van der Waals surface area (Å²) in [6.07, 6.45) is 2.20. The van der Waals surface area contributed by atoms with Gasteiger partial charge in [-0.05, 0) is 48.5 Å². The van der Waals surface area contributed by atoms with E-state index in [9.17, 15) is 4.39 Å². The van der Waals surface area contributed by atoms with Crippen LogP contribution < -0.4 is 0 Å². The van der Waals surface area contributed by atoms with Gasteiger partial charge in [-0.3, -0.25) is 4.90 Å². The zero-order valence-corrected chi connectivity index (χ0v) is 12.2. The van der Waals surface area contributed by atoms with Gasteiger partial charge in [0.1, 0.15) is 5.82 Å². The smallest absolute Gasteiger partial charge is 0.141 e. The molecule has 0 amide bonds.